The second-order valence-corrected chi connectivity index (χ2v) is 15.4. The molecule has 0 unspecified atom stereocenters. The minimum atomic E-state index is 0.409. The SMILES string of the molecule is C#C.C=C/C=C(\C=C)CN=C(/N=C(\C)c1ccccc1)n1c2ccccc2c2cc(-c3ccc4c(c3)nc3n(-c5ccccc5)c5c6ccccc6n(-c6ccccc6)c5n43)ccc21. The first kappa shape index (κ1) is 39.4. The molecule has 0 fully saturated rings. The number of benzene rings is 7. The predicted octanol–water partition coefficient (Wildman–Crippen LogP) is 13.4. The van der Waals surface area contributed by atoms with E-state index in [0.29, 0.717) is 12.5 Å². The molecular weight excluding hydrogens is 783 g/mol. The zero-order valence-electron chi connectivity index (χ0n) is 35.4. The summed E-state index contributed by atoms with van der Waals surface area (Å²) >= 11 is 0. The second kappa shape index (κ2) is 16.6. The van der Waals surface area contributed by atoms with Crippen molar-refractivity contribution in [1.29, 1.82) is 0 Å². The van der Waals surface area contributed by atoms with Crippen LogP contribution >= 0.6 is 0 Å². The van der Waals surface area contributed by atoms with Gasteiger partial charge in [-0.1, -0.05) is 147 Å². The molecule has 0 aliphatic carbocycles. The van der Waals surface area contributed by atoms with Gasteiger partial charge in [-0.3, -0.25) is 18.1 Å². The van der Waals surface area contributed by atoms with E-state index in [1.54, 1.807) is 6.08 Å². The van der Waals surface area contributed by atoms with Gasteiger partial charge in [0.05, 0.1) is 34.1 Å². The van der Waals surface area contributed by atoms with Crippen LogP contribution in [0.4, 0.5) is 0 Å². The van der Waals surface area contributed by atoms with Crippen LogP contribution in [0.5, 0.6) is 0 Å². The van der Waals surface area contributed by atoms with Gasteiger partial charge in [-0.05, 0) is 89.9 Å². The molecule has 0 aliphatic heterocycles. The quantitative estimate of drug-likeness (QED) is 0.0651. The minimum absolute atomic E-state index is 0.409. The standard InChI is InChI=1S/C55H41N7.C2H2/c1-4-19-38(5-2)36-56-54(57-37(3)39-20-9-6-10-21-39)61-48-28-17-15-26-44(48)46-34-40(30-32-50(46)61)41-31-33-51-47(35-41)58-55-60(43-24-13-8-14-25-43)52-45-27-16-18-29-49(45)59(53(52)62(51)55)42-22-11-7-12-23-42;1-2/h4-35H,1-2,36H2,3H3;1-2H/b38-19+,56-54?,57-37+;. The smallest absolute Gasteiger partial charge is 0.230 e. The van der Waals surface area contributed by atoms with Crippen molar-refractivity contribution >= 4 is 72.4 Å². The Morgan fingerprint density at radius 1 is 0.609 bits per heavy atom. The number of hydrogen-bond acceptors (Lipinski definition) is 2. The maximum absolute atomic E-state index is 5.44. The Bertz CT molecular complexity index is 3680. The second-order valence-electron chi connectivity index (χ2n) is 15.4. The van der Waals surface area contributed by atoms with Crippen LogP contribution in [0.3, 0.4) is 0 Å². The summed E-state index contributed by atoms with van der Waals surface area (Å²) in [5.74, 6) is 1.47. The van der Waals surface area contributed by atoms with Crippen LogP contribution in [0, 0.1) is 12.8 Å². The summed E-state index contributed by atoms with van der Waals surface area (Å²) in [6, 6.07) is 61.9. The third kappa shape index (κ3) is 6.53. The molecule has 0 bridgehead atoms. The summed E-state index contributed by atoms with van der Waals surface area (Å²) in [4.78, 5) is 15.8. The number of allylic oxidation sites excluding steroid dienone is 2. The van der Waals surface area contributed by atoms with Crippen molar-refractivity contribution in [3.05, 3.63) is 218 Å². The Balaban J connectivity index is 0.00000239. The van der Waals surface area contributed by atoms with Gasteiger partial charge in [0.1, 0.15) is 5.52 Å². The first-order valence-electron chi connectivity index (χ1n) is 21.1. The van der Waals surface area contributed by atoms with Gasteiger partial charge in [0.25, 0.3) is 0 Å². The van der Waals surface area contributed by atoms with Crippen LogP contribution in [0.1, 0.15) is 12.5 Å². The van der Waals surface area contributed by atoms with E-state index in [-0.39, 0.29) is 0 Å². The lowest BCUT2D eigenvalue weighted by Crippen LogP contribution is -2.13. The van der Waals surface area contributed by atoms with E-state index in [0.717, 1.165) is 94.6 Å². The average molecular weight is 826 g/mol. The molecule has 0 spiro atoms. The third-order valence-corrected chi connectivity index (χ3v) is 11.8. The molecule has 0 N–H and O–H groups in total. The largest absolute Gasteiger partial charge is 0.294 e. The van der Waals surface area contributed by atoms with Gasteiger partial charge in [-0.25, -0.2) is 15.0 Å². The van der Waals surface area contributed by atoms with Crippen molar-refractivity contribution in [1.82, 2.24) is 23.1 Å². The number of para-hydroxylation sites is 4. The van der Waals surface area contributed by atoms with E-state index in [1.165, 1.54) is 5.39 Å². The summed E-state index contributed by atoms with van der Waals surface area (Å²) < 4.78 is 9.18. The highest BCUT2D eigenvalue weighted by Crippen LogP contribution is 2.39. The Labute approximate surface area is 371 Å². The van der Waals surface area contributed by atoms with Crippen molar-refractivity contribution in [2.75, 3.05) is 6.54 Å². The fourth-order valence-electron chi connectivity index (χ4n) is 8.92. The summed E-state index contributed by atoms with van der Waals surface area (Å²) in [6.07, 6.45) is 13.5. The van der Waals surface area contributed by atoms with E-state index in [4.69, 9.17) is 15.0 Å². The van der Waals surface area contributed by atoms with Gasteiger partial charge in [-0.15, -0.1) is 12.8 Å². The fourth-order valence-corrected chi connectivity index (χ4v) is 8.92. The van der Waals surface area contributed by atoms with Crippen LogP contribution in [0.2, 0.25) is 0 Å². The molecule has 0 radical (unpaired) electrons. The van der Waals surface area contributed by atoms with Gasteiger partial charge >= 0.3 is 0 Å². The van der Waals surface area contributed by atoms with Gasteiger partial charge in [0, 0.05) is 33.2 Å². The summed E-state index contributed by atoms with van der Waals surface area (Å²) in [7, 11) is 0. The highest BCUT2D eigenvalue weighted by Gasteiger charge is 2.25. The van der Waals surface area contributed by atoms with Crippen molar-refractivity contribution < 1.29 is 0 Å². The van der Waals surface area contributed by atoms with Crippen molar-refractivity contribution in [3.8, 4) is 35.3 Å². The molecule has 7 nitrogen and oxygen atoms in total. The van der Waals surface area contributed by atoms with Gasteiger partial charge in [0.15, 0.2) is 5.65 Å². The number of terminal acetylenes is 1. The maximum atomic E-state index is 5.44. The molecule has 0 atom stereocenters. The first-order chi connectivity index (χ1) is 31.6. The van der Waals surface area contributed by atoms with E-state index in [9.17, 15) is 0 Å². The van der Waals surface area contributed by atoms with Gasteiger partial charge < -0.3 is 0 Å². The zero-order chi connectivity index (χ0) is 43.7. The molecule has 11 aromatic rings. The number of fused-ring (bicyclic) bond motifs is 10. The summed E-state index contributed by atoms with van der Waals surface area (Å²) in [5.41, 5.74) is 14.6. The number of hydrogen-bond donors (Lipinski definition) is 0. The number of rotatable bonds is 8. The number of aliphatic imine (C=N–C) groups is 2. The van der Waals surface area contributed by atoms with Crippen LogP contribution in [0.25, 0.3) is 83.2 Å². The molecule has 4 heterocycles. The lowest BCUT2D eigenvalue weighted by molar-refractivity contribution is 1.09. The molecule has 7 heteroatoms. The summed E-state index contributed by atoms with van der Waals surface area (Å²) in [6.45, 7) is 10.4. The Kier molecular flexibility index (Phi) is 10.2. The Morgan fingerprint density at radius 3 is 1.88 bits per heavy atom. The molecule has 306 valence electrons. The predicted molar refractivity (Wildman–Crippen MR) is 270 cm³/mol. The van der Waals surface area contributed by atoms with Crippen molar-refractivity contribution in [3.63, 3.8) is 0 Å². The highest BCUT2D eigenvalue weighted by molar-refractivity contribution is 6.17. The van der Waals surface area contributed by atoms with Crippen molar-refractivity contribution in [2.24, 2.45) is 9.98 Å². The van der Waals surface area contributed by atoms with Crippen LogP contribution < -0.4 is 0 Å². The van der Waals surface area contributed by atoms with E-state index < -0.39 is 0 Å². The Hall–Kier alpha value is -8.73. The molecule has 11 rings (SSSR count). The highest BCUT2D eigenvalue weighted by atomic mass is 15.3. The number of nitrogens with zero attached hydrogens (tertiary/aromatic N) is 7. The van der Waals surface area contributed by atoms with E-state index >= 15 is 0 Å². The average Bonchev–Trinajstić information content (AvgIpc) is 4.08. The van der Waals surface area contributed by atoms with Gasteiger partial charge in [-0.2, -0.15) is 0 Å². The molecule has 0 amide bonds. The molecule has 0 saturated carbocycles. The molecule has 7 aromatic carbocycles. The van der Waals surface area contributed by atoms with Crippen molar-refractivity contribution in [2.45, 2.75) is 6.92 Å². The zero-order valence-corrected chi connectivity index (χ0v) is 35.4. The van der Waals surface area contributed by atoms with Gasteiger partial charge in [0.2, 0.25) is 11.7 Å². The minimum Gasteiger partial charge on any atom is -0.294 e. The number of aromatic nitrogens is 5. The van der Waals surface area contributed by atoms with Crippen LogP contribution in [-0.2, 0) is 0 Å². The topological polar surface area (TPSA) is 56.8 Å². The third-order valence-electron chi connectivity index (χ3n) is 11.8. The van der Waals surface area contributed by atoms with Crippen LogP contribution in [0.15, 0.2) is 223 Å². The normalized spacial score (nSPS) is 12.4. The Morgan fingerprint density at radius 2 is 1.19 bits per heavy atom. The van der Waals surface area contributed by atoms with E-state index in [1.807, 2.05) is 37.3 Å². The molecule has 0 aliphatic rings. The fraction of sp³-hybridized carbons (Fsp3) is 0.0351. The molecular formula is C57H43N7. The molecule has 64 heavy (non-hydrogen) atoms. The molecule has 4 aromatic heterocycles. The first-order valence-corrected chi connectivity index (χ1v) is 21.1. The summed E-state index contributed by atoms with van der Waals surface area (Å²) in [5, 5.41) is 3.40. The van der Waals surface area contributed by atoms with E-state index in [2.05, 4.69) is 202 Å². The lowest BCUT2D eigenvalue weighted by Gasteiger charge is -2.10. The monoisotopic (exact) mass is 825 g/mol. The lowest BCUT2D eigenvalue weighted by atomic mass is 10.0. The maximum Gasteiger partial charge on any atom is 0.230 e. The molecule has 0 saturated heterocycles. The number of imidazole rings is 2. The van der Waals surface area contributed by atoms with Crippen LogP contribution in [-0.4, -0.2) is 41.3 Å².